The number of anilines is 1. The fraction of sp³-hybridized carbons (Fsp3) is 0.350. The van der Waals surface area contributed by atoms with Crippen LogP contribution in [0.4, 0.5) is 10.1 Å². The van der Waals surface area contributed by atoms with E-state index in [0.29, 0.717) is 5.69 Å². The van der Waals surface area contributed by atoms with E-state index in [1.54, 1.807) is 19.1 Å². The normalized spacial score (nSPS) is 12.5. The van der Waals surface area contributed by atoms with Gasteiger partial charge in [0.1, 0.15) is 12.4 Å². The summed E-state index contributed by atoms with van der Waals surface area (Å²) < 4.78 is 38.9. The maximum atomic E-state index is 13.0. The summed E-state index contributed by atoms with van der Waals surface area (Å²) in [6.45, 7) is 7.03. The number of hydrogen-bond donors (Lipinski definition) is 1. The van der Waals surface area contributed by atoms with Gasteiger partial charge in [-0.2, -0.15) is 0 Å². The Kier molecular flexibility index (Phi) is 6.26. The van der Waals surface area contributed by atoms with Crippen molar-refractivity contribution in [2.45, 2.75) is 33.7 Å². The smallest absolute Gasteiger partial charge is 0.241 e. The molecule has 5 nitrogen and oxygen atoms in total. The van der Waals surface area contributed by atoms with E-state index in [-0.39, 0.29) is 18.4 Å². The molecular formula is C20H25FN2O3S. The first-order valence-corrected chi connectivity index (χ1v) is 10.4. The molecule has 2 aromatic rings. The van der Waals surface area contributed by atoms with Gasteiger partial charge in [-0.15, -0.1) is 0 Å². The molecule has 1 N–H and O–H groups in total. The molecule has 0 aliphatic rings. The summed E-state index contributed by atoms with van der Waals surface area (Å²) in [6.07, 6.45) is 1.09. The monoisotopic (exact) mass is 392 g/mol. The Bertz CT molecular complexity index is 917. The largest absolute Gasteiger partial charge is 0.348 e. The molecule has 7 heteroatoms. The molecule has 0 unspecified atom stereocenters. The Labute approximate surface area is 160 Å². The number of nitrogens with zero attached hydrogens (tertiary/aromatic N) is 1. The highest BCUT2D eigenvalue weighted by Gasteiger charge is 2.24. The lowest BCUT2D eigenvalue weighted by molar-refractivity contribution is -0.120. The number of rotatable bonds is 6. The lowest BCUT2D eigenvalue weighted by Crippen LogP contribution is -2.41. The van der Waals surface area contributed by atoms with Gasteiger partial charge in [0.05, 0.1) is 18.0 Å². The van der Waals surface area contributed by atoms with Crippen LogP contribution in [0.1, 0.15) is 35.2 Å². The van der Waals surface area contributed by atoms with Gasteiger partial charge in [0.25, 0.3) is 0 Å². The molecule has 0 saturated heterocycles. The molecule has 2 rings (SSSR count). The van der Waals surface area contributed by atoms with E-state index in [1.165, 1.54) is 12.1 Å². The average Bonchev–Trinajstić information content (AvgIpc) is 2.52. The van der Waals surface area contributed by atoms with Gasteiger partial charge in [-0.05, 0) is 56.5 Å². The van der Waals surface area contributed by atoms with Crippen LogP contribution in [0.2, 0.25) is 0 Å². The zero-order chi connectivity index (χ0) is 20.4. The van der Waals surface area contributed by atoms with E-state index in [0.717, 1.165) is 32.8 Å². The van der Waals surface area contributed by atoms with Gasteiger partial charge in [-0.3, -0.25) is 9.10 Å². The van der Waals surface area contributed by atoms with Crippen molar-refractivity contribution in [3.63, 3.8) is 0 Å². The molecule has 0 bridgehead atoms. The van der Waals surface area contributed by atoms with Crippen molar-refractivity contribution in [3.05, 3.63) is 64.5 Å². The number of amides is 1. The summed E-state index contributed by atoms with van der Waals surface area (Å²) in [5.74, 6) is -0.789. The molecular weight excluding hydrogens is 367 g/mol. The van der Waals surface area contributed by atoms with Gasteiger partial charge < -0.3 is 5.32 Å². The fourth-order valence-electron chi connectivity index (χ4n) is 3.18. The quantitative estimate of drug-likeness (QED) is 0.819. The summed E-state index contributed by atoms with van der Waals surface area (Å²) in [6, 6.07) is 9.21. The van der Waals surface area contributed by atoms with Gasteiger partial charge in [0.2, 0.25) is 15.9 Å². The van der Waals surface area contributed by atoms with E-state index < -0.39 is 15.9 Å². The van der Waals surface area contributed by atoms with Crippen molar-refractivity contribution in [2.75, 3.05) is 17.1 Å². The Morgan fingerprint density at radius 2 is 1.63 bits per heavy atom. The minimum absolute atomic E-state index is 0.324. The number of carbonyl (C=O) groups excluding carboxylic acids is 1. The van der Waals surface area contributed by atoms with E-state index in [1.807, 2.05) is 32.9 Å². The third-order valence-electron chi connectivity index (χ3n) is 4.32. The second-order valence-corrected chi connectivity index (χ2v) is 8.76. The fourth-order valence-corrected chi connectivity index (χ4v) is 4.15. The van der Waals surface area contributed by atoms with Crippen LogP contribution in [0.3, 0.4) is 0 Å². The Morgan fingerprint density at radius 1 is 1.11 bits per heavy atom. The second-order valence-electron chi connectivity index (χ2n) is 6.86. The first kappa shape index (κ1) is 20.9. The number of halogens is 1. The second kappa shape index (κ2) is 8.08. The summed E-state index contributed by atoms with van der Waals surface area (Å²) in [5.41, 5.74) is 3.86. The lowest BCUT2D eigenvalue weighted by Gasteiger charge is -2.26. The van der Waals surface area contributed by atoms with Gasteiger partial charge in [-0.25, -0.2) is 12.8 Å². The van der Waals surface area contributed by atoms with Crippen LogP contribution in [0, 0.1) is 26.6 Å². The van der Waals surface area contributed by atoms with Crippen molar-refractivity contribution in [1.29, 1.82) is 0 Å². The molecule has 0 spiro atoms. The van der Waals surface area contributed by atoms with Crippen molar-refractivity contribution < 1.29 is 17.6 Å². The Balaban J connectivity index is 2.25. The van der Waals surface area contributed by atoms with Crippen molar-refractivity contribution in [1.82, 2.24) is 5.32 Å². The van der Waals surface area contributed by atoms with Crippen LogP contribution >= 0.6 is 0 Å². The maximum absolute atomic E-state index is 13.0. The van der Waals surface area contributed by atoms with E-state index >= 15 is 0 Å². The summed E-state index contributed by atoms with van der Waals surface area (Å²) in [5, 5.41) is 2.77. The lowest BCUT2D eigenvalue weighted by atomic mass is 10.1. The molecule has 27 heavy (non-hydrogen) atoms. The zero-order valence-electron chi connectivity index (χ0n) is 16.2. The number of nitrogens with one attached hydrogen (secondary N) is 1. The Hall–Kier alpha value is -2.41. The standard InChI is InChI=1S/C20H25FN2O3S/c1-13-10-14(2)20(15(3)11-13)23(27(5,25)26)12-19(24)22-16(4)17-6-8-18(21)9-7-17/h6-11,16H,12H2,1-5H3,(H,22,24)/t16-/m0/s1. The van der Waals surface area contributed by atoms with Crippen LogP contribution < -0.4 is 9.62 Å². The molecule has 0 aliphatic heterocycles. The number of sulfonamides is 1. The first-order valence-electron chi connectivity index (χ1n) is 8.59. The van der Waals surface area contributed by atoms with Crippen molar-refractivity contribution in [2.24, 2.45) is 0 Å². The summed E-state index contributed by atoms with van der Waals surface area (Å²) >= 11 is 0. The highest BCUT2D eigenvalue weighted by atomic mass is 32.2. The molecule has 0 aliphatic carbocycles. The molecule has 0 fully saturated rings. The molecule has 0 saturated carbocycles. The predicted molar refractivity (Wildman–Crippen MR) is 106 cm³/mol. The number of hydrogen-bond acceptors (Lipinski definition) is 3. The van der Waals surface area contributed by atoms with E-state index in [9.17, 15) is 17.6 Å². The maximum Gasteiger partial charge on any atom is 0.241 e. The average molecular weight is 392 g/mol. The van der Waals surface area contributed by atoms with Crippen LogP contribution in [0.5, 0.6) is 0 Å². The van der Waals surface area contributed by atoms with Gasteiger partial charge in [0.15, 0.2) is 0 Å². The van der Waals surface area contributed by atoms with Crippen LogP contribution in [0.15, 0.2) is 36.4 Å². The highest BCUT2D eigenvalue weighted by Crippen LogP contribution is 2.28. The van der Waals surface area contributed by atoms with Gasteiger partial charge in [-0.1, -0.05) is 29.8 Å². The highest BCUT2D eigenvalue weighted by molar-refractivity contribution is 7.92. The molecule has 2 aromatic carbocycles. The molecule has 0 radical (unpaired) electrons. The molecule has 0 aromatic heterocycles. The third-order valence-corrected chi connectivity index (χ3v) is 5.43. The van der Waals surface area contributed by atoms with Gasteiger partial charge >= 0.3 is 0 Å². The number of benzene rings is 2. The summed E-state index contributed by atoms with van der Waals surface area (Å²) in [4.78, 5) is 12.5. The van der Waals surface area contributed by atoms with Crippen LogP contribution in [-0.2, 0) is 14.8 Å². The zero-order valence-corrected chi connectivity index (χ0v) is 17.0. The third kappa shape index (κ3) is 5.29. The Morgan fingerprint density at radius 3 is 2.11 bits per heavy atom. The molecule has 1 amide bonds. The first-order chi connectivity index (χ1) is 12.5. The van der Waals surface area contributed by atoms with Crippen molar-refractivity contribution in [3.8, 4) is 0 Å². The molecule has 0 heterocycles. The minimum atomic E-state index is -3.65. The topological polar surface area (TPSA) is 66.5 Å². The van der Waals surface area contributed by atoms with Crippen LogP contribution in [-0.4, -0.2) is 27.1 Å². The van der Waals surface area contributed by atoms with Gasteiger partial charge in [0, 0.05) is 0 Å². The number of carbonyl (C=O) groups is 1. The summed E-state index contributed by atoms with van der Waals surface area (Å²) in [7, 11) is -3.65. The van der Waals surface area contributed by atoms with E-state index in [2.05, 4.69) is 5.32 Å². The molecule has 1 atom stereocenters. The number of aryl methyl sites for hydroxylation is 3. The van der Waals surface area contributed by atoms with Crippen molar-refractivity contribution >= 4 is 21.6 Å². The minimum Gasteiger partial charge on any atom is -0.348 e. The predicted octanol–water partition coefficient (Wildman–Crippen LogP) is 3.39. The molecule has 146 valence electrons. The van der Waals surface area contributed by atoms with Crippen LogP contribution in [0.25, 0.3) is 0 Å². The SMILES string of the molecule is Cc1cc(C)c(N(CC(=O)N[C@@H](C)c2ccc(F)cc2)S(C)(=O)=O)c(C)c1. The van der Waals surface area contributed by atoms with E-state index in [4.69, 9.17) is 0 Å².